The van der Waals surface area contributed by atoms with Gasteiger partial charge in [0.25, 0.3) is 0 Å². The smallest absolute Gasteiger partial charge is 0.247 e. The maximum atomic E-state index is 12.7. The number of rotatable bonds is 7. The first-order valence-corrected chi connectivity index (χ1v) is 7.61. The van der Waals surface area contributed by atoms with Gasteiger partial charge in [-0.05, 0) is 20.9 Å². The van der Waals surface area contributed by atoms with E-state index in [9.17, 15) is 8.42 Å². The lowest BCUT2D eigenvalue weighted by Gasteiger charge is -2.20. The van der Waals surface area contributed by atoms with Gasteiger partial charge in [0.1, 0.15) is 4.90 Å². The monoisotopic (exact) mass is 286 g/mol. The number of aromatic nitrogens is 2. The number of H-pyrrole nitrogens is 1. The Kier molecular flexibility index (Phi) is 5.28. The van der Waals surface area contributed by atoms with Gasteiger partial charge in [-0.3, -0.25) is 5.10 Å². The fourth-order valence-electron chi connectivity index (χ4n) is 1.90. The molecule has 19 heavy (non-hydrogen) atoms. The van der Waals surface area contributed by atoms with Crippen molar-refractivity contribution in [2.75, 3.05) is 20.1 Å². The first-order chi connectivity index (χ1) is 8.84. The van der Waals surface area contributed by atoms with E-state index >= 15 is 0 Å². The Morgan fingerprint density at radius 1 is 1.53 bits per heavy atom. The summed E-state index contributed by atoms with van der Waals surface area (Å²) in [5.41, 5.74) is 1.88. The lowest BCUT2D eigenvalue weighted by Crippen LogP contribution is -2.33. The maximum Gasteiger partial charge on any atom is 0.247 e. The molecule has 108 valence electrons. The zero-order valence-electron chi connectivity index (χ0n) is 11.9. The Morgan fingerprint density at radius 2 is 2.16 bits per heavy atom. The fourth-order valence-corrected chi connectivity index (χ4v) is 3.73. The zero-order chi connectivity index (χ0) is 14.6. The number of sulfonamides is 1. The summed E-state index contributed by atoms with van der Waals surface area (Å²) in [5, 5.41) is 9.72. The molecule has 0 amide bonds. The first kappa shape index (κ1) is 15.9. The number of aryl methyl sites for hydroxylation is 1. The molecule has 0 radical (unpaired) electrons. The van der Waals surface area contributed by atoms with Crippen molar-refractivity contribution in [3.63, 3.8) is 0 Å². The minimum atomic E-state index is -3.55. The van der Waals surface area contributed by atoms with Crippen LogP contribution >= 0.6 is 0 Å². The van der Waals surface area contributed by atoms with Crippen LogP contribution in [0.4, 0.5) is 0 Å². The van der Waals surface area contributed by atoms with E-state index in [4.69, 9.17) is 0 Å². The third-order valence-corrected chi connectivity index (χ3v) is 4.83. The van der Waals surface area contributed by atoms with Crippen molar-refractivity contribution in [1.82, 2.24) is 19.8 Å². The minimum absolute atomic E-state index is 0.268. The third-order valence-electron chi connectivity index (χ3n) is 2.70. The Hall–Kier alpha value is -1.18. The van der Waals surface area contributed by atoms with E-state index in [0.717, 1.165) is 5.57 Å². The SMILES string of the molecule is C=C(C)CN(CC)S(=O)(=O)c1c(CNC)n[nH]c1C. The predicted molar refractivity (Wildman–Crippen MR) is 75.3 cm³/mol. The summed E-state index contributed by atoms with van der Waals surface area (Å²) in [7, 11) is -1.79. The molecule has 0 atom stereocenters. The van der Waals surface area contributed by atoms with E-state index in [2.05, 4.69) is 22.1 Å². The maximum absolute atomic E-state index is 12.7. The van der Waals surface area contributed by atoms with Crippen molar-refractivity contribution >= 4 is 10.0 Å². The van der Waals surface area contributed by atoms with Gasteiger partial charge in [-0.2, -0.15) is 9.40 Å². The van der Waals surface area contributed by atoms with Crippen molar-refractivity contribution < 1.29 is 8.42 Å². The summed E-state index contributed by atoms with van der Waals surface area (Å²) in [4.78, 5) is 0.268. The predicted octanol–water partition coefficient (Wildman–Crippen LogP) is 1.02. The van der Waals surface area contributed by atoms with Crippen molar-refractivity contribution in [3.8, 4) is 0 Å². The molecule has 1 aromatic heterocycles. The van der Waals surface area contributed by atoms with E-state index < -0.39 is 10.0 Å². The average Bonchev–Trinajstić information content (AvgIpc) is 2.68. The molecule has 0 spiro atoms. The lowest BCUT2D eigenvalue weighted by atomic mass is 10.3. The molecule has 0 bridgehead atoms. The van der Waals surface area contributed by atoms with E-state index in [1.165, 1.54) is 4.31 Å². The summed E-state index contributed by atoms with van der Waals surface area (Å²) in [6.45, 7) is 10.3. The van der Waals surface area contributed by atoms with Gasteiger partial charge < -0.3 is 5.32 Å². The normalized spacial score (nSPS) is 12.1. The second-order valence-corrected chi connectivity index (χ2v) is 6.42. The summed E-state index contributed by atoms with van der Waals surface area (Å²) >= 11 is 0. The van der Waals surface area contributed by atoms with Crippen LogP contribution in [0.25, 0.3) is 0 Å². The Labute approximate surface area is 114 Å². The zero-order valence-corrected chi connectivity index (χ0v) is 12.8. The number of hydrogen-bond acceptors (Lipinski definition) is 4. The molecule has 0 aliphatic rings. The van der Waals surface area contributed by atoms with E-state index in [1.807, 2.05) is 13.8 Å². The van der Waals surface area contributed by atoms with E-state index in [1.54, 1.807) is 14.0 Å². The molecule has 2 N–H and O–H groups in total. The van der Waals surface area contributed by atoms with Gasteiger partial charge in [-0.25, -0.2) is 8.42 Å². The first-order valence-electron chi connectivity index (χ1n) is 6.17. The summed E-state index contributed by atoms with van der Waals surface area (Å²) in [5.74, 6) is 0. The number of nitrogens with one attached hydrogen (secondary N) is 2. The second kappa shape index (κ2) is 6.31. The van der Waals surface area contributed by atoms with Crippen molar-refractivity contribution in [1.29, 1.82) is 0 Å². The fraction of sp³-hybridized carbons (Fsp3) is 0.583. The molecule has 1 aromatic rings. The molecule has 1 rings (SSSR count). The van der Waals surface area contributed by atoms with Crippen LogP contribution < -0.4 is 5.32 Å². The second-order valence-electron chi connectivity index (χ2n) is 4.54. The molecule has 0 aliphatic heterocycles. The summed E-state index contributed by atoms with van der Waals surface area (Å²) in [6, 6.07) is 0. The van der Waals surface area contributed by atoms with Gasteiger partial charge >= 0.3 is 0 Å². The van der Waals surface area contributed by atoms with Crippen LogP contribution in [-0.2, 0) is 16.6 Å². The largest absolute Gasteiger partial charge is 0.314 e. The molecule has 6 nitrogen and oxygen atoms in total. The van der Waals surface area contributed by atoms with Gasteiger partial charge in [0.05, 0.1) is 11.4 Å². The molecule has 0 aliphatic carbocycles. The molecule has 0 fully saturated rings. The molecule has 0 aromatic carbocycles. The molecule has 1 heterocycles. The Balaban J connectivity index is 3.25. The van der Waals surface area contributed by atoms with Crippen molar-refractivity contribution in [2.45, 2.75) is 32.2 Å². The van der Waals surface area contributed by atoms with Crippen LogP contribution in [0.1, 0.15) is 25.2 Å². The van der Waals surface area contributed by atoms with E-state index in [-0.39, 0.29) is 4.90 Å². The summed E-state index contributed by atoms with van der Waals surface area (Å²) in [6.07, 6.45) is 0. The van der Waals surface area contributed by atoms with E-state index in [0.29, 0.717) is 31.0 Å². The summed E-state index contributed by atoms with van der Waals surface area (Å²) < 4.78 is 26.8. The lowest BCUT2D eigenvalue weighted by molar-refractivity contribution is 0.451. The Morgan fingerprint density at radius 3 is 2.63 bits per heavy atom. The highest BCUT2D eigenvalue weighted by Crippen LogP contribution is 2.22. The molecule has 0 saturated carbocycles. The van der Waals surface area contributed by atoms with Crippen molar-refractivity contribution in [2.24, 2.45) is 0 Å². The van der Waals surface area contributed by atoms with Crippen LogP contribution in [0.3, 0.4) is 0 Å². The topological polar surface area (TPSA) is 78.1 Å². The van der Waals surface area contributed by atoms with Gasteiger partial charge in [0, 0.05) is 19.6 Å². The molecular formula is C12H22N4O2S. The van der Waals surface area contributed by atoms with Gasteiger partial charge in [-0.15, -0.1) is 0 Å². The van der Waals surface area contributed by atoms with Crippen LogP contribution in [0.2, 0.25) is 0 Å². The van der Waals surface area contributed by atoms with Gasteiger partial charge in [0.2, 0.25) is 10.0 Å². The molecule has 0 unspecified atom stereocenters. The Bertz CT molecular complexity index is 548. The number of nitrogens with zero attached hydrogens (tertiary/aromatic N) is 2. The molecular weight excluding hydrogens is 264 g/mol. The third kappa shape index (κ3) is 3.43. The van der Waals surface area contributed by atoms with Crippen LogP contribution in [0.5, 0.6) is 0 Å². The highest BCUT2D eigenvalue weighted by Gasteiger charge is 2.29. The van der Waals surface area contributed by atoms with Crippen LogP contribution in [-0.4, -0.2) is 43.1 Å². The van der Waals surface area contributed by atoms with Crippen molar-refractivity contribution in [3.05, 3.63) is 23.5 Å². The minimum Gasteiger partial charge on any atom is -0.314 e. The molecule has 0 saturated heterocycles. The number of aromatic amines is 1. The average molecular weight is 286 g/mol. The molecule has 7 heteroatoms. The van der Waals surface area contributed by atoms with Crippen LogP contribution in [0.15, 0.2) is 17.0 Å². The highest BCUT2D eigenvalue weighted by atomic mass is 32.2. The number of hydrogen-bond donors (Lipinski definition) is 2. The van der Waals surface area contributed by atoms with Crippen LogP contribution in [0, 0.1) is 6.92 Å². The van der Waals surface area contributed by atoms with Gasteiger partial charge in [0.15, 0.2) is 0 Å². The van der Waals surface area contributed by atoms with Gasteiger partial charge in [-0.1, -0.05) is 19.1 Å². The standard InChI is InChI=1S/C12H22N4O2S/c1-6-16(8-9(2)3)19(17,18)12-10(4)14-15-11(12)7-13-5/h13H,2,6-8H2,1,3-5H3,(H,14,15). The highest BCUT2D eigenvalue weighted by molar-refractivity contribution is 7.89. The quantitative estimate of drug-likeness (QED) is 0.734. The number of likely N-dealkylation sites (N-methyl/N-ethyl adjacent to an activating group) is 1.